The Morgan fingerprint density at radius 3 is 2.73 bits per heavy atom. The van der Waals surface area contributed by atoms with Crippen molar-refractivity contribution >= 4 is 0 Å². The molecule has 0 saturated heterocycles. The predicted octanol–water partition coefficient (Wildman–Crippen LogP) is 2.65. The molecule has 1 heteroatoms. The first-order chi connectivity index (χ1) is 7.25. The quantitative estimate of drug-likeness (QED) is 0.691. The summed E-state index contributed by atoms with van der Waals surface area (Å²) < 4.78 is 0. The van der Waals surface area contributed by atoms with Crippen LogP contribution in [0, 0.1) is 18.8 Å². The van der Waals surface area contributed by atoms with E-state index in [1.165, 1.54) is 11.1 Å². The average Bonchev–Trinajstić information content (AvgIpc) is 2.74. The zero-order chi connectivity index (χ0) is 10.4. The third kappa shape index (κ3) is 1.34. The third-order valence-corrected chi connectivity index (χ3v) is 3.87. The standard InChI is InChI=1S/C14H16O/c1-9-3-2-4-10(7-9)13-8-11-5-6-12(13)14(11)15/h2-7,11-15H,8H2,1H3. The topological polar surface area (TPSA) is 20.2 Å². The Morgan fingerprint density at radius 1 is 1.27 bits per heavy atom. The van der Waals surface area contributed by atoms with E-state index in [9.17, 15) is 5.11 Å². The van der Waals surface area contributed by atoms with Crippen LogP contribution in [0.1, 0.15) is 23.5 Å². The van der Waals surface area contributed by atoms with Gasteiger partial charge >= 0.3 is 0 Å². The second-order valence-electron chi connectivity index (χ2n) is 4.87. The van der Waals surface area contributed by atoms with Gasteiger partial charge in [0.2, 0.25) is 0 Å². The molecule has 2 aliphatic rings. The molecule has 1 fully saturated rings. The summed E-state index contributed by atoms with van der Waals surface area (Å²) in [7, 11) is 0. The minimum absolute atomic E-state index is 0.129. The number of hydrogen-bond acceptors (Lipinski definition) is 1. The van der Waals surface area contributed by atoms with Crippen molar-refractivity contribution < 1.29 is 5.11 Å². The van der Waals surface area contributed by atoms with Crippen LogP contribution in [0.15, 0.2) is 36.4 Å². The summed E-state index contributed by atoms with van der Waals surface area (Å²) >= 11 is 0. The van der Waals surface area contributed by atoms with E-state index in [0.717, 1.165) is 6.42 Å². The second kappa shape index (κ2) is 3.21. The highest BCUT2D eigenvalue weighted by Gasteiger charge is 2.44. The van der Waals surface area contributed by atoms with E-state index in [-0.39, 0.29) is 6.10 Å². The summed E-state index contributed by atoms with van der Waals surface area (Å²) in [6.07, 6.45) is 5.37. The smallest absolute Gasteiger partial charge is 0.0671 e. The van der Waals surface area contributed by atoms with Gasteiger partial charge in [-0.05, 0) is 24.8 Å². The van der Waals surface area contributed by atoms with Crippen molar-refractivity contribution in [2.45, 2.75) is 25.4 Å². The van der Waals surface area contributed by atoms with Crippen LogP contribution < -0.4 is 0 Å². The summed E-state index contributed by atoms with van der Waals surface area (Å²) in [5.41, 5.74) is 2.71. The van der Waals surface area contributed by atoms with Crippen molar-refractivity contribution in [1.82, 2.24) is 0 Å². The molecule has 1 aromatic rings. The van der Waals surface area contributed by atoms with Crippen LogP contribution in [-0.2, 0) is 0 Å². The molecule has 4 atom stereocenters. The van der Waals surface area contributed by atoms with Gasteiger partial charge in [0.15, 0.2) is 0 Å². The molecule has 0 heterocycles. The summed E-state index contributed by atoms with van der Waals surface area (Å²) in [6.45, 7) is 2.13. The zero-order valence-electron chi connectivity index (χ0n) is 8.93. The average molecular weight is 200 g/mol. The first-order valence-corrected chi connectivity index (χ1v) is 5.68. The molecular weight excluding hydrogens is 184 g/mol. The Hall–Kier alpha value is -1.08. The Kier molecular flexibility index (Phi) is 1.96. The van der Waals surface area contributed by atoms with Gasteiger partial charge in [0.1, 0.15) is 0 Å². The van der Waals surface area contributed by atoms with Crippen LogP contribution in [0.25, 0.3) is 0 Å². The van der Waals surface area contributed by atoms with Gasteiger partial charge in [-0.2, -0.15) is 0 Å². The van der Waals surface area contributed by atoms with Crippen molar-refractivity contribution in [2.24, 2.45) is 11.8 Å². The Bertz CT molecular complexity index is 408. The van der Waals surface area contributed by atoms with E-state index in [4.69, 9.17) is 0 Å². The monoisotopic (exact) mass is 200 g/mol. The number of aliphatic hydroxyl groups is 1. The summed E-state index contributed by atoms with van der Waals surface area (Å²) in [5.74, 6) is 1.30. The van der Waals surface area contributed by atoms with Crippen molar-refractivity contribution in [3.8, 4) is 0 Å². The normalized spacial score (nSPS) is 37.5. The first kappa shape index (κ1) is 9.17. The largest absolute Gasteiger partial charge is 0.392 e. The Labute approximate surface area is 90.4 Å². The molecule has 1 N–H and O–H groups in total. The van der Waals surface area contributed by atoms with Gasteiger partial charge in [-0.25, -0.2) is 0 Å². The van der Waals surface area contributed by atoms with E-state index in [2.05, 4.69) is 43.3 Å². The van der Waals surface area contributed by atoms with E-state index in [1.807, 2.05) is 0 Å². The maximum atomic E-state index is 9.97. The lowest BCUT2D eigenvalue weighted by Crippen LogP contribution is -2.14. The van der Waals surface area contributed by atoms with Crippen LogP contribution in [0.5, 0.6) is 0 Å². The number of aryl methyl sites for hydroxylation is 1. The fourth-order valence-corrected chi connectivity index (χ4v) is 3.08. The molecule has 0 spiro atoms. The lowest BCUT2D eigenvalue weighted by Gasteiger charge is -2.19. The molecule has 3 rings (SSSR count). The molecule has 2 aliphatic carbocycles. The van der Waals surface area contributed by atoms with E-state index in [0.29, 0.717) is 17.8 Å². The molecule has 1 saturated carbocycles. The van der Waals surface area contributed by atoms with Gasteiger partial charge in [-0.3, -0.25) is 0 Å². The first-order valence-electron chi connectivity index (χ1n) is 5.68. The van der Waals surface area contributed by atoms with Crippen LogP contribution in [-0.4, -0.2) is 11.2 Å². The fraction of sp³-hybridized carbons (Fsp3) is 0.429. The fourth-order valence-electron chi connectivity index (χ4n) is 3.08. The minimum Gasteiger partial charge on any atom is -0.392 e. The summed E-state index contributed by atoms with van der Waals surface area (Å²) in [4.78, 5) is 0. The maximum absolute atomic E-state index is 9.97. The van der Waals surface area contributed by atoms with E-state index in [1.54, 1.807) is 0 Å². The Morgan fingerprint density at radius 2 is 2.13 bits per heavy atom. The SMILES string of the molecule is Cc1cccc(C2CC3C=CC2C3O)c1. The number of rotatable bonds is 1. The van der Waals surface area contributed by atoms with Gasteiger partial charge in [-0.1, -0.05) is 42.0 Å². The maximum Gasteiger partial charge on any atom is 0.0671 e. The highest BCUT2D eigenvalue weighted by molar-refractivity contribution is 5.32. The number of aliphatic hydroxyl groups excluding tert-OH is 1. The lowest BCUT2D eigenvalue weighted by atomic mass is 9.86. The highest BCUT2D eigenvalue weighted by Crippen LogP contribution is 2.48. The number of benzene rings is 1. The predicted molar refractivity (Wildman–Crippen MR) is 60.7 cm³/mol. The molecule has 0 aromatic heterocycles. The molecule has 2 bridgehead atoms. The number of fused-ring (bicyclic) bond motifs is 2. The van der Waals surface area contributed by atoms with Gasteiger partial charge in [0, 0.05) is 11.8 Å². The van der Waals surface area contributed by atoms with Crippen LogP contribution in [0.4, 0.5) is 0 Å². The van der Waals surface area contributed by atoms with Crippen LogP contribution in [0.3, 0.4) is 0 Å². The van der Waals surface area contributed by atoms with Gasteiger partial charge < -0.3 is 5.11 Å². The second-order valence-corrected chi connectivity index (χ2v) is 4.87. The van der Waals surface area contributed by atoms with E-state index < -0.39 is 0 Å². The van der Waals surface area contributed by atoms with Crippen LogP contribution in [0.2, 0.25) is 0 Å². The molecule has 78 valence electrons. The highest BCUT2D eigenvalue weighted by atomic mass is 16.3. The zero-order valence-corrected chi connectivity index (χ0v) is 8.93. The van der Waals surface area contributed by atoms with E-state index >= 15 is 0 Å². The minimum atomic E-state index is -0.129. The summed E-state index contributed by atoms with van der Waals surface area (Å²) in [5, 5.41) is 9.97. The van der Waals surface area contributed by atoms with Crippen molar-refractivity contribution in [3.63, 3.8) is 0 Å². The molecular formula is C14H16O. The molecule has 0 aliphatic heterocycles. The van der Waals surface area contributed by atoms with Crippen molar-refractivity contribution in [2.75, 3.05) is 0 Å². The lowest BCUT2D eigenvalue weighted by molar-refractivity contribution is 0.135. The van der Waals surface area contributed by atoms with Crippen LogP contribution >= 0.6 is 0 Å². The van der Waals surface area contributed by atoms with Gasteiger partial charge in [0.05, 0.1) is 6.10 Å². The Balaban J connectivity index is 1.94. The molecule has 0 radical (unpaired) electrons. The molecule has 1 aromatic carbocycles. The van der Waals surface area contributed by atoms with Gasteiger partial charge in [0.25, 0.3) is 0 Å². The molecule has 1 nitrogen and oxygen atoms in total. The molecule has 15 heavy (non-hydrogen) atoms. The van der Waals surface area contributed by atoms with Crippen molar-refractivity contribution in [3.05, 3.63) is 47.5 Å². The molecule has 4 unspecified atom stereocenters. The molecule has 0 amide bonds. The van der Waals surface area contributed by atoms with Gasteiger partial charge in [-0.15, -0.1) is 0 Å². The van der Waals surface area contributed by atoms with Crippen molar-refractivity contribution in [1.29, 1.82) is 0 Å². The number of hydrogen-bond donors (Lipinski definition) is 1. The summed E-state index contributed by atoms with van der Waals surface area (Å²) in [6, 6.07) is 8.70. The third-order valence-electron chi connectivity index (χ3n) is 3.87.